The van der Waals surface area contributed by atoms with E-state index in [9.17, 15) is 33.1 Å². The quantitative estimate of drug-likeness (QED) is 0.427. The van der Waals surface area contributed by atoms with Crippen molar-refractivity contribution in [2.75, 3.05) is 13.2 Å². The molecule has 12 heteroatoms. The van der Waals surface area contributed by atoms with Crippen LogP contribution in [0, 0.1) is 17.8 Å². The number of hydrogen-bond donors (Lipinski definition) is 3. The van der Waals surface area contributed by atoms with Crippen molar-refractivity contribution in [1.29, 1.82) is 0 Å². The molecule has 3 fully saturated rings. The van der Waals surface area contributed by atoms with Gasteiger partial charge in [0.2, 0.25) is 5.91 Å². The summed E-state index contributed by atoms with van der Waals surface area (Å²) < 4.78 is 30.5. The van der Waals surface area contributed by atoms with Crippen LogP contribution in [-0.2, 0) is 14.4 Å². The van der Waals surface area contributed by atoms with Crippen LogP contribution in [0.15, 0.2) is 18.2 Å². The number of aliphatic hydroxyl groups is 1. The van der Waals surface area contributed by atoms with Crippen molar-refractivity contribution in [3.63, 3.8) is 0 Å². The van der Waals surface area contributed by atoms with Gasteiger partial charge in [0.25, 0.3) is 5.91 Å². The number of carbonyl (C=O) groups is 4. The van der Waals surface area contributed by atoms with Crippen molar-refractivity contribution in [2.24, 2.45) is 17.8 Å². The van der Waals surface area contributed by atoms with E-state index in [1.807, 2.05) is 0 Å². The summed E-state index contributed by atoms with van der Waals surface area (Å²) in [6, 6.07) is 2.24. The molecule has 3 N–H and O–H groups in total. The minimum absolute atomic E-state index is 0.0441. The number of aromatic nitrogens is 1. The first-order valence-electron chi connectivity index (χ1n) is 13.2. The molecule has 2 saturated carbocycles. The fraction of sp³-hybridized carbons (Fsp3) is 0.556. The number of nitrogens with zero attached hydrogens (tertiary/aromatic N) is 1. The number of carbonyl (C=O) groups excluding carboxylic acids is 4. The number of nitrogens with one attached hydrogen (secondary N) is 2. The van der Waals surface area contributed by atoms with E-state index in [-0.39, 0.29) is 51.8 Å². The van der Waals surface area contributed by atoms with Crippen molar-refractivity contribution in [3.05, 3.63) is 28.9 Å². The zero-order valence-electron chi connectivity index (χ0n) is 21.1. The van der Waals surface area contributed by atoms with Gasteiger partial charge in [-0.2, -0.15) is 8.78 Å². The number of rotatable bonds is 9. The van der Waals surface area contributed by atoms with Gasteiger partial charge >= 0.3 is 6.61 Å². The number of fused-ring (bicyclic) bond motifs is 2. The third-order valence-electron chi connectivity index (χ3n) is 8.34. The first kappa shape index (κ1) is 27.5. The number of Topliss-reactive ketones (excluding diaryl/α,β-unsaturated/α-hetero) is 2. The van der Waals surface area contributed by atoms with E-state index in [4.69, 9.17) is 11.6 Å². The van der Waals surface area contributed by atoms with E-state index in [1.165, 1.54) is 23.1 Å². The maximum atomic E-state index is 13.7. The van der Waals surface area contributed by atoms with Crippen molar-refractivity contribution in [3.8, 4) is 5.75 Å². The van der Waals surface area contributed by atoms with Gasteiger partial charge in [-0.05, 0) is 62.1 Å². The summed E-state index contributed by atoms with van der Waals surface area (Å²) in [5.41, 5.74) is 0.417. The number of ether oxygens (including phenoxy) is 1. The van der Waals surface area contributed by atoms with Gasteiger partial charge in [0, 0.05) is 29.3 Å². The largest absolute Gasteiger partial charge is 0.434 e. The third-order valence-corrected chi connectivity index (χ3v) is 8.56. The van der Waals surface area contributed by atoms with Crippen LogP contribution in [0.25, 0.3) is 10.9 Å². The lowest BCUT2D eigenvalue weighted by molar-refractivity contribution is -0.133. The number of aromatic amines is 1. The fourth-order valence-electron chi connectivity index (χ4n) is 6.54. The van der Waals surface area contributed by atoms with Crippen LogP contribution in [0.2, 0.25) is 5.02 Å². The summed E-state index contributed by atoms with van der Waals surface area (Å²) in [6.07, 6.45) is 4.41. The number of aliphatic hydroxyl groups excluding tert-OH is 1. The Morgan fingerprint density at radius 2 is 1.97 bits per heavy atom. The van der Waals surface area contributed by atoms with Crippen LogP contribution < -0.4 is 10.1 Å². The summed E-state index contributed by atoms with van der Waals surface area (Å²) >= 11 is 6.05. The first-order chi connectivity index (χ1) is 18.7. The Bertz CT molecular complexity index is 1300. The molecule has 0 bridgehead atoms. The normalized spacial score (nSPS) is 25.4. The minimum Gasteiger partial charge on any atom is -0.434 e. The molecule has 210 valence electrons. The number of likely N-dealkylation sites (tertiary alicyclic amines) is 1. The fourth-order valence-corrected chi connectivity index (χ4v) is 6.75. The van der Waals surface area contributed by atoms with Gasteiger partial charge in [-0.1, -0.05) is 18.0 Å². The molecule has 2 heterocycles. The molecule has 1 aromatic heterocycles. The van der Waals surface area contributed by atoms with Crippen molar-refractivity contribution < 1.29 is 37.8 Å². The summed E-state index contributed by atoms with van der Waals surface area (Å²) in [4.78, 5) is 56.5. The Morgan fingerprint density at radius 3 is 2.67 bits per heavy atom. The van der Waals surface area contributed by atoms with Crippen LogP contribution in [0.4, 0.5) is 8.78 Å². The smallest absolute Gasteiger partial charge is 0.387 e. The molecule has 5 rings (SSSR count). The predicted molar refractivity (Wildman–Crippen MR) is 137 cm³/mol. The van der Waals surface area contributed by atoms with Gasteiger partial charge in [-0.25, -0.2) is 0 Å². The van der Waals surface area contributed by atoms with Gasteiger partial charge in [0.05, 0.1) is 11.6 Å². The van der Waals surface area contributed by atoms with E-state index in [0.717, 1.165) is 25.7 Å². The second-order valence-electron chi connectivity index (χ2n) is 10.7. The third kappa shape index (κ3) is 5.51. The molecule has 1 saturated heterocycles. The number of alkyl halides is 2. The molecule has 3 aliphatic rings. The molecule has 39 heavy (non-hydrogen) atoms. The Labute approximate surface area is 228 Å². The second-order valence-corrected chi connectivity index (χ2v) is 11.1. The number of hydrogen-bond acceptors (Lipinski definition) is 6. The molecular formula is C27H30ClF2N3O6. The first-order valence-corrected chi connectivity index (χ1v) is 13.6. The van der Waals surface area contributed by atoms with Crippen molar-refractivity contribution in [1.82, 2.24) is 15.2 Å². The lowest BCUT2D eigenvalue weighted by Crippen LogP contribution is -2.53. The summed E-state index contributed by atoms with van der Waals surface area (Å²) in [5.74, 6) is -2.07. The van der Waals surface area contributed by atoms with E-state index in [1.54, 1.807) is 0 Å². The monoisotopic (exact) mass is 565 g/mol. The van der Waals surface area contributed by atoms with Gasteiger partial charge < -0.3 is 25.0 Å². The Hall–Kier alpha value is -3.05. The highest BCUT2D eigenvalue weighted by molar-refractivity contribution is 6.31. The maximum Gasteiger partial charge on any atom is 0.387 e. The molecule has 2 aromatic rings. The number of halogens is 3. The molecule has 1 aromatic carbocycles. The van der Waals surface area contributed by atoms with Crippen LogP contribution in [-0.4, -0.2) is 70.2 Å². The molecule has 0 spiro atoms. The number of H-pyrrole nitrogens is 1. The SMILES string of the molecule is O=C1CCC[C@H]1C[C@H](NC(=O)[C@@H]1[C@H]2CCC[C@H]2CN1C(=O)c1cc2c(OC(F)F)cc(Cl)cc2[nH]1)C(=O)CO. The van der Waals surface area contributed by atoms with Gasteiger partial charge in [-0.15, -0.1) is 0 Å². The Balaban J connectivity index is 1.41. The average molecular weight is 566 g/mol. The van der Waals surface area contributed by atoms with Gasteiger partial charge in [0.15, 0.2) is 5.78 Å². The maximum absolute atomic E-state index is 13.7. The molecule has 0 radical (unpaired) electrons. The lowest BCUT2D eigenvalue weighted by Gasteiger charge is -2.29. The van der Waals surface area contributed by atoms with Gasteiger partial charge in [0.1, 0.15) is 29.9 Å². The molecular weight excluding hydrogens is 536 g/mol. The van der Waals surface area contributed by atoms with Crippen LogP contribution in [0.5, 0.6) is 5.75 Å². The van der Waals surface area contributed by atoms with E-state index >= 15 is 0 Å². The molecule has 2 aliphatic carbocycles. The average Bonchev–Trinajstić information content (AvgIpc) is 3.66. The number of benzene rings is 1. The summed E-state index contributed by atoms with van der Waals surface area (Å²) in [7, 11) is 0. The van der Waals surface area contributed by atoms with Crippen molar-refractivity contribution >= 4 is 45.9 Å². The minimum atomic E-state index is -3.08. The van der Waals surface area contributed by atoms with E-state index < -0.39 is 42.9 Å². The van der Waals surface area contributed by atoms with E-state index in [2.05, 4.69) is 15.0 Å². The van der Waals surface area contributed by atoms with E-state index in [0.29, 0.717) is 24.9 Å². The summed E-state index contributed by atoms with van der Waals surface area (Å²) in [5, 5.41) is 12.6. The van der Waals surface area contributed by atoms with Crippen LogP contribution in [0.1, 0.15) is 55.4 Å². The number of ketones is 2. The topological polar surface area (TPSA) is 129 Å². The summed E-state index contributed by atoms with van der Waals surface area (Å²) in [6.45, 7) is -3.52. The second kappa shape index (κ2) is 11.2. The highest BCUT2D eigenvalue weighted by Gasteiger charge is 2.50. The van der Waals surface area contributed by atoms with Crippen LogP contribution in [0.3, 0.4) is 0 Å². The zero-order valence-corrected chi connectivity index (χ0v) is 21.9. The zero-order chi connectivity index (χ0) is 27.8. The molecule has 2 amide bonds. The lowest BCUT2D eigenvalue weighted by atomic mass is 9.91. The molecule has 0 unspecified atom stereocenters. The van der Waals surface area contributed by atoms with Crippen LogP contribution >= 0.6 is 11.6 Å². The molecule has 5 atom stereocenters. The standard InChI is InChI=1S/C27H30ClF2N3O6/c28-15-8-18-17(23(9-15)39-27(29)30)10-20(31-18)26(38)33-11-14-4-1-5-16(14)24(33)25(37)32-19(22(36)12-34)7-13-3-2-6-21(13)35/h8-10,13-14,16,19,24,27,31,34H,1-7,11-12H2,(H,32,37)/t13-,14-,16-,19-,24-/m0/s1. The highest BCUT2D eigenvalue weighted by atomic mass is 35.5. The van der Waals surface area contributed by atoms with Gasteiger partial charge in [-0.3, -0.25) is 19.2 Å². The predicted octanol–water partition coefficient (Wildman–Crippen LogP) is 3.47. The van der Waals surface area contributed by atoms with Crippen molar-refractivity contribution in [2.45, 2.75) is 63.6 Å². The Morgan fingerprint density at radius 1 is 1.18 bits per heavy atom. The number of amides is 2. The Kier molecular flexibility index (Phi) is 7.91. The highest BCUT2D eigenvalue weighted by Crippen LogP contribution is 2.43. The molecule has 1 aliphatic heterocycles. The molecule has 9 nitrogen and oxygen atoms in total.